The fraction of sp³-hybridized carbons (Fsp3) is 0.440. The lowest BCUT2D eigenvalue weighted by molar-refractivity contribution is 0.0716. The number of benzene rings is 2. The first-order valence-corrected chi connectivity index (χ1v) is 11.1. The molecular weight excluding hydrogens is 374 g/mol. The number of hydrogen-bond donors (Lipinski definition) is 1. The highest BCUT2D eigenvalue weighted by Crippen LogP contribution is 2.27. The van der Waals surface area contributed by atoms with Crippen LogP contribution < -0.4 is 5.32 Å². The molecule has 2 aliphatic rings. The van der Waals surface area contributed by atoms with Crippen LogP contribution in [0.4, 0.5) is 0 Å². The van der Waals surface area contributed by atoms with Gasteiger partial charge in [0.25, 0.3) is 11.8 Å². The minimum atomic E-state index is -0.0624. The number of likely N-dealkylation sites (tertiary alicyclic amines) is 1. The van der Waals surface area contributed by atoms with Gasteiger partial charge in [-0.2, -0.15) is 0 Å². The normalized spacial score (nSPS) is 19.1. The number of carbonyl (C=O) groups excluding carboxylic acids is 2. The lowest BCUT2D eigenvalue weighted by Crippen LogP contribution is -2.43. The van der Waals surface area contributed by atoms with E-state index < -0.39 is 0 Å². The van der Waals surface area contributed by atoms with Gasteiger partial charge in [-0.3, -0.25) is 14.5 Å². The van der Waals surface area contributed by atoms with E-state index in [0.717, 1.165) is 54.9 Å². The summed E-state index contributed by atoms with van der Waals surface area (Å²) in [6, 6.07) is 14.4. The molecule has 0 radical (unpaired) electrons. The Balaban J connectivity index is 1.48. The summed E-state index contributed by atoms with van der Waals surface area (Å²) in [5, 5.41) is 2.81. The van der Waals surface area contributed by atoms with E-state index in [1.165, 1.54) is 12.8 Å². The summed E-state index contributed by atoms with van der Waals surface area (Å²) in [5.41, 5.74) is 4.63. The van der Waals surface area contributed by atoms with Crippen LogP contribution >= 0.6 is 0 Å². The van der Waals surface area contributed by atoms with E-state index in [0.29, 0.717) is 18.2 Å². The molecule has 30 heavy (non-hydrogen) atoms. The van der Waals surface area contributed by atoms with E-state index in [9.17, 15) is 9.59 Å². The first-order chi connectivity index (χ1) is 14.6. The van der Waals surface area contributed by atoms with Crippen molar-refractivity contribution in [2.75, 3.05) is 32.7 Å². The summed E-state index contributed by atoms with van der Waals surface area (Å²) in [6.07, 6.45) is 3.44. The molecule has 1 N–H and O–H groups in total. The Kier molecular flexibility index (Phi) is 6.18. The van der Waals surface area contributed by atoms with Gasteiger partial charge >= 0.3 is 0 Å². The highest BCUT2D eigenvalue weighted by molar-refractivity contribution is 5.98. The molecule has 1 saturated heterocycles. The van der Waals surface area contributed by atoms with Crippen LogP contribution in [0, 0.1) is 0 Å². The Bertz CT molecular complexity index is 922. The van der Waals surface area contributed by atoms with Gasteiger partial charge in [-0.1, -0.05) is 24.3 Å². The second kappa shape index (κ2) is 9.00. The summed E-state index contributed by atoms with van der Waals surface area (Å²) in [5.74, 6) is 0.0801. The zero-order valence-electron chi connectivity index (χ0n) is 18.0. The van der Waals surface area contributed by atoms with Gasteiger partial charge < -0.3 is 10.2 Å². The predicted octanol–water partition coefficient (Wildman–Crippen LogP) is 3.59. The van der Waals surface area contributed by atoms with Crippen LogP contribution in [-0.2, 0) is 6.42 Å². The van der Waals surface area contributed by atoms with Crippen LogP contribution in [0.15, 0.2) is 42.5 Å². The molecule has 2 heterocycles. The van der Waals surface area contributed by atoms with Crippen LogP contribution in [0.2, 0.25) is 0 Å². The molecule has 0 bridgehead atoms. The molecule has 1 atom stereocenters. The molecule has 0 unspecified atom stereocenters. The molecule has 2 aromatic rings. The van der Waals surface area contributed by atoms with Crippen molar-refractivity contribution in [3.8, 4) is 11.1 Å². The van der Waals surface area contributed by atoms with Crippen molar-refractivity contribution >= 4 is 11.8 Å². The Labute approximate surface area is 179 Å². The fourth-order valence-corrected chi connectivity index (χ4v) is 4.56. The summed E-state index contributed by atoms with van der Waals surface area (Å²) in [4.78, 5) is 29.6. The van der Waals surface area contributed by atoms with E-state index in [4.69, 9.17) is 0 Å². The van der Waals surface area contributed by atoms with Crippen LogP contribution in [0.3, 0.4) is 0 Å². The number of nitrogens with zero attached hydrogens (tertiary/aromatic N) is 2. The summed E-state index contributed by atoms with van der Waals surface area (Å²) < 4.78 is 0. The zero-order valence-corrected chi connectivity index (χ0v) is 18.0. The van der Waals surface area contributed by atoms with Gasteiger partial charge in [0, 0.05) is 43.3 Å². The highest BCUT2D eigenvalue weighted by atomic mass is 16.2. The second-order valence-electron chi connectivity index (χ2n) is 8.38. The monoisotopic (exact) mass is 405 g/mol. The molecule has 0 aliphatic carbocycles. The molecule has 2 amide bonds. The van der Waals surface area contributed by atoms with Gasteiger partial charge in [-0.25, -0.2) is 0 Å². The van der Waals surface area contributed by atoms with Gasteiger partial charge in [-0.05, 0) is 74.5 Å². The number of fused-ring (bicyclic) bond motifs is 1. The minimum absolute atomic E-state index is 0.0624. The molecule has 0 aromatic heterocycles. The van der Waals surface area contributed by atoms with Gasteiger partial charge in [0.15, 0.2) is 0 Å². The summed E-state index contributed by atoms with van der Waals surface area (Å²) >= 11 is 0. The maximum absolute atomic E-state index is 13.2. The van der Waals surface area contributed by atoms with E-state index in [1.54, 1.807) is 0 Å². The SMILES string of the molecule is CCNC(=O)c1ccc(-c2ccc3c(c2)C(=O)N(CCN2CCC[C@H]2C)CC3)cc1. The number of hydrogen-bond acceptors (Lipinski definition) is 3. The number of amides is 2. The van der Waals surface area contributed by atoms with Crippen molar-refractivity contribution in [1.29, 1.82) is 0 Å². The molecular formula is C25H31N3O2. The van der Waals surface area contributed by atoms with Crippen molar-refractivity contribution in [2.24, 2.45) is 0 Å². The molecule has 5 nitrogen and oxygen atoms in total. The lowest BCUT2D eigenvalue weighted by Gasteiger charge is -2.31. The quantitative estimate of drug-likeness (QED) is 0.799. The molecule has 4 rings (SSSR count). The lowest BCUT2D eigenvalue weighted by atomic mass is 9.94. The van der Waals surface area contributed by atoms with E-state index in [1.807, 2.05) is 42.2 Å². The van der Waals surface area contributed by atoms with Crippen molar-refractivity contribution in [3.05, 3.63) is 59.2 Å². The average Bonchev–Trinajstić information content (AvgIpc) is 3.18. The third-order valence-electron chi connectivity index (χ3n) is 6.44. The fourth-order valence-electron chi connectivity index (χ4n) is 4.56. The van der Waals surface area contributed by atoms with Crippen LogP contribution in [0.25, 0.3) is 11.1 Å². The van der Waals surface area contributed by atoms with Crippen molar-refractivity contribution in [2.45, 2.75) is 39.2 Å². The highest BCUT2D eigenvalue weighted by Gasteiger charge is 2.26. The standard InChI is InChI=1S/C25H31N3O2/c1-3-26-24(29)21-9-6-19(7-10-21)22-11-8-20-12-14-28(25(30)23(20)17-22)16-15-27-13-4-5-18(27)2/h6-11,17-18H,3-5,12-16H2,1-2H3,(H,26,29)/t18-/m1/s1. The van der Waals surface area contributed by atoms with E-state index in [-0.39, 0.29) is 11.8 Å². The molecule has 0 saturated carbocycles. The Morgan fingerprint density at radius 3 is 2.53 bits per heavy atom. The number of carbonyl (C=O) groups is 2. The molecule has 5 heteroatoms. The van der Waals surface area contributed by atoms with Gasteiger partial charge in [0.05, 0.1) is 0 Å². The maximum atomic E-state index is 13.2. The van der Waals surface area contributed by atoms with E-state index in [2.05, 4.69) is 29.3 Å². The van der Waals surface area contributed by atoms with Gasteiger partial charge in [-0.15, -0.1) is 0 Å². The molecule has 0 spiro atoms. The van der Waals surface area contributed by atoms with Crippen LogP contribution in [0.5, 0.6) is 0 Å². The zero-order chi connectivity index (χ0) is 21.1. The Morgan fingerprint density at radius 1 is 1.07 bits per heavy atom. The topological polar surface area (TPSA) is 52.7 Å². The Morgan fingerprint density at radius 2 is 1.83 bits per heavy atom. The summed E-state index contributed by atoms with van der Waals surface area (Å²) in [6.45, 7) is 8.51. The first kappa shape index (κ1) is 20.6. The first-order valence-electron chi connectivity index (χ1n) is 11.1. The van der Waals surface area contributed by atoms with Crippen LogP contribution in [-0.4, -0.2) is 60.4 Å². The third kappa shape index (κ3) is 4.26. The van der Waals surface area contributed by atoms with Crippen LogP contribution in [0.1, 0.15) is 53.0 Å². The van der Waals surface area contributed by atoms with Crippen molar-refractivity contribution < 1.29 is 9.59 Å². The van der Waals surface area contributed by atoms with E-state index >= 15 is 0 Å². The molecule has 2 aromatic carbocycles. The summed E-state index contributed by atoms with van der Waals surface area (Å²) in [7, 11) is 0. The average molecular weight is 406 g/mol. The predicted molar refractivity (Wildman–Crippen MR) is 120 cm³/mol. The maximum Gasteiger partial charge on any atom is 0.254 e. The Hall–Kier alpha value is -2.66. The smallest absolute Gasteiger partial charge is 0.254 e. The molecule has 158 valence electrons. The second-order valence-corrected chi connectivity index (χ2v) is 8.38. The number of nitrogens with one attached hydrogen (secondary N) is 1. The van der Waals surface area contributed by atoms with Crippen molar-refractivity contribution in [1.82, 2.24) is 15.1 Å². The van der Waals surface area contributed by atoms with Crippen molar-refractivity contribution in [3.63, 3.8) is 0 Å². The minimum Gasteiger partial charge on any atom is -0.352 e. The number of rotatable bonds is 6. The van der Waals surface area contributed by atoms with Gasteiger partial charge in [0.1, 0.15) is 0 Å². The van der Waals surface area contributed by atoms with Gasteiger partial charge in [0.2, 0.25) is 0 Å². The molecule has 2 aliphatic heterocycles. The third-order valence-corrected chi connectivity index (χ3v) is 6.44. The largest absolute Gasteiger partial charge is 0.352 e. The molecule has 1 fully saturated rings.